The molecule has 1 aromatic rings. The molecule has 1 rings (SSSR count). The molecule has 1 aromatic heterocycles. The Hall–Kier alpha value is -2.09. The van der Waals surface area contributed by atoms with Crippen LogP contribution in [-0.4, -0.2) is 28.3 Å². The Morgan fingerprint density at radius 2 is 2.40 bits per heavy atom. The van der Waals surface area contributed by atoms with Gasteiger partial charge in [0, 0.05) is 6.54 Å². The topological polar surface area (TPSA) is 124 Å². The second-order valence-electron chi connectivity index (χ2n) is 2.56. The van der Waals surface area contributed by atoms with Gasteiger partial charge in [-0.1, -0.05) is 0 Å². The van der Waals surface area contributed by atoms with Crippen LogP contribution in [0.5, 0.6) is 5.88 Å². The predicted octanol–water partition coefficient (Wildman–Crippen LogP) is -0.361. The SMILES string of the molecule is Nc1ccc(NCCO)nc1O[N+](=O)[O-]. The van der Waals surface area contributed by atoms with E-state index in [1.807, 2.05) is 0 Å². The molecule has 0 aliphatic carbocycles. The molecule has 0 aromatic carbocycles. The number of hydrogen-bond donors (Lipinski definition) is 3. The van der Waals surface area contributed by atoms with Crippen molar-refractivity contribution in [1.29, 1.82) is 0 Å². The van der Waals surface area contributed by atoms with Crippen LogP contribution in [0, 0.1) is 10.1 Å². The molecule has 8 heteroatoms. The maximum atomic E-state index is 10.1. The van der Waals surface area contributed by atoms with E-state index in [2.05, 4.69) is 15.1 Å². The third-order valence-electron chi connectivity index (χ3n) is 1.47. The van der Waals surface area contributed by atoms with Crippen molar-refractivity contribution in [1.82, 2.24) is 4.98 Å². The van der Waals surface area contributed by atoms with Crippen molar-refractivity contribution in [2.75, 3.05) is 24.2 Å². The molecule has 0 fully saturated rings. The molecule has 82 valence electrons. The first-order chi connectivity index (χ1) is 7.13. The number of pyridine rings is 1. The molecule has 8 nitrogen and oxygen atoms in total. The van der Waals surface area contributed by atoms with E-state index in [1.54, 1.807) is 0 Å². The first-order valence-electron chi connectivity index (χ1n) is 4.07. The average molecular weight is 214 g/mol. The van der Waals surface area contributed by atoms with Crippen LogP contribution in [0.4, 0.5) is 11.5 Å². The number of nitrogens with two attached hydrogens (primary N) is 1. The van der Waals surface area contributed by atoms with Crippen molar-refractivity contribution in [3.8, 4) is 5.88 Å². The van der Waals surface area contributed by atoms with E-state index in [1.165, 1.54) is 12.1 Å². The van der Waals surface area contributed by atoms with Gasteiger partial charge < -0.3 is 16.2 Å². The average Bonchev–Trinajstić information content (AvgIpc) is 2.18. The fourth-order valence-electron chi connectivity index (χ4n) is 0.877. The maximum absolute atomic E-state index is 10.1. The minimum absolute atomic E-state index is 0.0706. The molecule has 0 aliphatic rings. The summed E-state index contributed by atoms with van der Waals surface area (Å²) in [7, 11) is 0. The Morgan fingerprint density at radius 1 is 1.67 bits per heavy atom. The van der Waals surface area contributed by atoms with Crippen LogP contribution in [0.25, 0.3) is 0 Å². The number of anilines is 2. The zero-order chi connectivity index (χ0) is 11.3. The van der Waals surface area contributed by atoms with Crippen LogP contribution in [-0.2, 0) is 0 Å². The molecular weight excluding hydrogens is 204 g/mol. The fourth-order valence-corrected chi connectivity index (χ4v) is 0.877. The van der Waals surface area contributed by atoms with Gasteiger partial charge in [0.25, 0.3) is 0 Å². The number of rotatable bonds is 5. The maximum Gasteiger partial charge on any atom is 0.301 e. The number of nitrogens with one attached hydrogen (secondary N) is 1. The quantitative estimate of drug-likeness (QED) is 0.451. The molecule has 0 saturated heterocycles. The van der Waals surface area contributed by atoms with Crippen LogP contribution in [0.3, 0.4) is 0 Å². The van der Waals surface area contributed by atoms with Crippen LogP contribution < -0.4 is 15.9 Å². The zero-order valence-electron chi connectivity index (χ0n) is 7.71. The van der Waals surface area contributed by atoms with Crippen molar-refractivity contribution in [3.05, 3.63) is 22.2 Å². The van der Waals surface area contributed by atoms with Gasteiger partial charge in [-0.2, -0.15) is 0 Å². The van der Waals surface area contributed by atoms with Gasteiger partial charge in [-0.05, 0) is 12.1 Å². The minimum atomic E-state index is -0.992. The van der Waals surface area contributed by atoms with E-state index in [0.717, 1.165) is 0 Å². The number of aliphatic hydroxyl groups excluding tert-OH is 1. The second-order valence-corrected chi connectivity index (χ2v) is 2.56. The summed E-state index contributed by atoms with van der Waals surface area (Å²) >= 11 is 0. The van der Waals surface area contributed by atoms with Crippen LogP contribution in [0.2, 0.25) is 0 Å². The molecule has 0 aliphatic heterocycles. The standard InChI is InChI=1S/C7H10N4O4/c8-5-1-2-6(9-3-4-12)10-7(5)15-11(13)14/h1-2,12H,3-4,8H2,(H,9,10). The van der Waals surface area contributed by atoms with E-state index in [-0.39, 0.29) is 24.7 Å². The third-order valence-corrected chi connectivity index (χ3v) is 1.47. The van der Waals surface area contributed by atoms with Gasteiger partial charge in [-0.15, -0.1) is 10.1 Å². The van der Waals surface area contributed by atoms with Crippen LogP contribution in [0.1, 0.15) is 0 Å². The van der Waals surface area contributed by atoms with Gasteiger partial charge in [-0.25, -0.2) is 4.98 Å². The molecular formula is C7H10N4O4. The molecule has 0 atom stereocenters. The molecule has 0 saturated carbocycles. The van der Waals surface area contributed by atoms with E-state index in [4.69, 9.17) is 10.8 Å². The highest BCUT2D eigenvalue weighted by Gasteiger charge is 2.07. The zero-order valence-corrected chi connectivity index (χ0v) is 7.71. The second kappa shape index (κ2) is 4.96. The lowest BCUT2D eigenvalue weighted by Crippen LogP contribution is -2.11. The largest absolute Gasteiger partial charge is 0.396 e. The lowest BCUT2D eigenvalue weighted by atomic mass is 10.4. The summed E-state index contributed by atoms with van der Waals surface area (Å²) in [5.41, 5.74) is 5.47. The third kappa shape index (κ3) is 3.27. The Morgan fingerprint density at radius 3 is 3.00 bits per heavy atom. The van der Waals surface area contributed by atoms with Gasteiger partial charge in [0.15, 0.2) is 0 Å². The summed E-state index contributed by atoms with van der Waals surface area (Å²) in [5.74, 6) is 0.0676. The summed E-state index contributed by atoms with van der Waals surface area (Å²) in [5, 5.41) is 20.3. The Bertz CT molecular complexity index is 357. The summed E-state index contributed by atoms with van der Waals surface area (Å²) in [6.45, 7) is 0.215. The molecule has 0 bridgehead atoms. The minimum Gasteiger partial charge on any atom is -0.396 e. The lowest BCUT2D eigenvalue weighted by molar-refractivity contribution is -0.711. The summed E-state index contributed by atoms with van der Waals surface area (Å²) < 4.78 is 0. The Labute approximate surface area is 84.8 Å². The smallest absolute Gasteiger partial charge is 0.301 e. The summed E-state index contributed by atoms with van der Waals surface area (Å²) in [6, 6.07) is 2.95. The predicted molar refractivity (Wildman–Crippen MR) is 51.8 cm³/mol. The van der Waals surface area contributed by atoms with E-state index in [0.29, 0.717) is 5.82 Å². The van der Waals surface area contributed by atoms with Gasteiger partial charge in [0.05, 0.1) is 12.3 Å². The first kappa shape index (κ1) is 11.0. The van der Waals surface area contributed by atoms with Gasteiger partial charge in [0.2, 0.25) is 5.88 Å². The molecule has 15 heavy (non-hydrogen) atoms. The van der Waals surface area contributed by atoms with E-state index in [9.17, 15) is 10.1 Å². The first-order valence-corrected chi connectivity index (χ1v) is 4.07. The van der Waals surface area contributed by atoms with Crippen LogP contribution in [0.15, 0.2) is 12.1 Å². The van der Waals surface area contributed by atoms with Crippen molar-refractivity contribution in [3.63, 3.8) is 0 Å². The molecule has 1 heterocycles. The Kier molecular flexibility index (Phi) is 3.63. The monoisotopic (exact) mass is 214 g/mol. The highest BCUT2D eigenvalue weighted by molar-refractivity contribution is 5.53. The Balaban J connectivity index is 2.80. The number of aliphatic hydroxyl groups is 1. The summed E-state index contributed by atoms with van der Waals surface area (Å²) in [6.07, 6.45) is 0. The van der Waals surface area contributed by atoms with Crippen molar-refractivity contribution in [2.24, 2.45) is 0 Å². The normalized spacial score (nSPS) is 9.67. The van der Waals surface area contributed by atoms with Crippen LogP contribution >= 0.6 is 0 Å². The highest BCUT2D eigenvalue weighted by atomic mass is 17.0. The van der Waals surface area contributed by atoms with Gasteiger partial charge >= 0.3 is 5.09 Å². The number of nitrogen functional groups attached to an aromatic ring is 1. The van der Waals surface area contributed by atoms with Crippen molar-refractivity contribution >= 4 is 11.5 Å². The molecule has 0 unspecified atom stereocenters. The molecule has 0 radical (unpaired) electrons. The molecule has 0 amide bonds. The van der Waals surface area contributed by atoms with Crippen molar-refractivity contribution in [2.45, 2.75) is 0 Å². The lowest BCUT2D eigenvalue weighted by Gasteiger charge is -2.06. The van der Waals surface area contributed by atoms with E-state index < -0.39 is 5.09 Å². The van der Waals surface area contributed by atoms with E-state index >= 15 is 0 Å². The fraction of sp³-hybridized carbons (Fsp3) is 0.286. The summed E-state index contributed by atoms with van der Waals surface area (Å²) in [4.78, 5) is 18.0. The van der Waals surface area contributed by atoms with Crippen molar-refractivity contribution < 1.29 is 15.0 Å². The van der Waals surface area contributed by atoms with Gasteiger partial charge in [0.1, 0.15) is 5.82 Å². The van der Waals surface area contributed by atoms with Gasteiger partial charge in [-0.3, -0.25) is 4.84 Å². The number of aromatic nitrogens is 1. The molecule has 4 N–H and O–H groups in total. The highest BCUT2D eigenvalue weighted by Crippen LogP contribution is 2.20. The molecule has 0 spiro atoms. The number of hydrogen-bond acceptors (Lipinski definition) is 7. The number of nitrogens with zero attached hydrogens (tertiary/aromatic N) is 2.